The first kappa shape index (κ1) is 10.1. The highest BCUT2D eigenvalue weighted by Crippen LogP contribution is 2.20. The lowest BCUT2D eigenvalue weighted by Crippen LogP contribution is -1.95. The van der Waals surface area contributed by atoms with E-state index in [0.717, 1.165) is 0 Å². The van der Waals surface area contributed by atoms with Crippen LogP contribution >= 0.6 is 15.9 Å². The van der Waals surface area contributed by atoms with Crippen molar-refractivity contribution < 1.29 is 9.13 Å². The van der Waals surface area contributed by atoms with Crippen molar-refractivity contribution >= 4 is 15.9 Å². The van der Waals surface area contributed by atoms with Gasteiger partial charge in [0, 0.05) is 12.5 Å². The van der Waals surface area contributed by atoms with Crippen molar-refractivity contribution in [3.63, 3.8) is 0 Å². The van der Waals surface area contributed by atoms with Gasteiger partial charge in [-0.2, -0.15) is 0 Å². The van der Waals surface area contributed by atoms with Gasteiger partial charge in [-0.15, -0.1) is 12.3 Å². The Morgan fingerprint density at radius 1 is 1.54 bits per heavy atom. The summed E-state index contributed by atoms with van der Waals surface area (Å²) in [5, 5.41) is 0. The summed E-state index contributed by atoms with van der Waals surface area (Å²) in [5.74, 6) is 2.60. The lowest BCUT2D eigenvalue weighted by atomic mass is 10.3. The van der Waals surface area contributed by atoms with Gasteiger partial charge in [0.25, 0.3) is 0 Å². The second-order valence-corrected chi connectivity index (χ2v) is 3.23. The molecule has 0 unspecified atom stereocenters. The molecule has 68 valence electrons. The van der Waals surface area contributed by atoms with E-state index in [1.54, 1.807) is 12.1 Å². The zero-order chi connectivity index (χ0) is 9.68. The van der Waals surface area contributed by atoms with E-state index >= 15 is 0 Å². The SMILES string of the molecule is C#CCCOc1ccc(Br)c(F)c1. The van der Waals surface area contributed by atoms with Gasteiger partial charge in [0.15, 0.2) is 0 Å². The Balaban J connectivity index is 2.59. The van der Waals surface area contributed by atoms with E-state index in [1.165, 1.54) is 6.07 Å². The number of terminal acetylenes is 1. The van der Waals surface area contributed by atoms with Gasteiger partial charge in [0.1, 0.15) is 11.6 Å². The molecule has 0 saturated heterocycles. The Bertz CT molecular complexity index is 330. The van der Waals surface area contributed by atoms with Crippen LogP contribution < -0.4 is 4.74 Å². The van der Waals surface area contributed by atoms with Gasteiger partial charge in [-0.3, -0.25) is 0 Å². The van der Waals surface area contributed by atoms with Crippen LogP contribution in [-0.4, -0.2) is 6.61 Å². The van der Waals surface area contributed by atoms with Crippen molar-refractivity contribution in [3.8, 4) is 18.1 Å². The summed E-state index contributed by atoms with van der Waals surface area (Å²) in [4.78, 5) is 0. The molecule has 0 heterocycles. The number of benzene rings is 1. The lowest BCUT2D eigenvalue weighted by molar-refractivity contribution is 0.325. The van der Waals surface area contributed by atoms with Crippen LogP contribution in [0.2, 0.25) is 0 Å². The third kappa shape index (κ3) is 3.08. The normalized spacial score (nSPS) is 9.31. The van der Waals surface area contributed by atoms with Crippen LogP contribution in [-0.2, 0) is 0 Å². The number of ether oxygens (including phenoxy) is 1. The Kier molecular flexibility index (Phi) is 3.78. The minimum absolute atomic E-state index is 0.335. The molecule has 0 bridgehead atoms. The van der Waals surface area contributed by atoms with Crippen LogP contribution in [0.4, 0.5) is 4.39 Å². The maximum atomic E-state index is 12.9. The third-order valence-electron chi connectivity index (χ3n) is 1.41. The van der Waals surface area contributed by atoms with Gasteiger partial charge in [-0.05, 0) is 28.1 Å². The second kappa shape index (κ2) is 4.88. The van der Waals surface area contributed by atoms with Crippen LogP contribution in [0.1, 0.15) is 6.42 Å². The van der Waals surface area contributed by atoms with E-state index in [4.69, 9.17) is 11.2 Å². The van der Waals surface area contributed by atoms with Gasteiger partial charge in [-0.1, -0.05) is 0 Å². The Hall–Kier alpha value is -1.01. The Morgan fingerprint density at radius 2 is 2.31 bits per heavy atom. The molecule has 0 aliphatic carbocycles. The highest BCUT2D eigenvalue weighted by molar-refractivity contribution is 9.10. The predicted molar refractivity (Wildman–Crippen MR) is 53.0 cm³/mol. The van der Waals surface area contributed by atoms with Gasteiger partial charge in [0.05, 0.1) is 11.1 Å². The van der Waals surface area contributed by atoms with Gasteiger partial charge >= 0.3 is 0 Å². The fraction of sp³-hybridized carbons (Fsp3) is 0.200. The average molecular weight is 243 g/mol. The molecule has 1 nitrogen and oxygen atoms in total. The maximum absolute atomic E-state index is 12.9. The Morgan fingerprint density at radius 3 is 2.92 bits per heavy atom. The third-order valence-corrected chi connectivity index (χ3v) is 2.05. The number of rotatable bonds is 3. The molecule has 1 rings (SSSR count). The fourth-order valence-electron chi connectivity index (χ4n) is 0.794. The second-order valence-electron chi connectivity index (χ2n) is 2.38. The smallest absolute Gasteiger partial charge is 0.141 e. The molecule has 0 N–H and O–H groups in total. The topological polar surface area (TPSA) is 9.23 Å². The number of hydrogen-bond donors (Lipinski definition) is 0. The van der Waals surface area contributed by atoms with E-state index in [0.29, 0.717) is 23.2 Å². The summed E-state index contributed by atoms with van der Waals surface area (Å²) >= 11 is 3.05. The van der Waals surface area contributed by atoms with E-state index in [2.05, 4.69) is 21.9 Å². The molecule has 0 aliphatic rings. The molecule has 3 heteroatoms. The van der Waals surface area contributed by atoms with Gasteiger partial charge in [-0.25, -0.2) is 4.39 Å². The summed E-state index contributed by atoms with van der Waals surface area (Å²) in [7, 11) is 0. The summed E-state index contributed by atoms with van der Waals surface area (Å²) in [6.45, 7) is 0.414. The molecule has 0 spiro atoms. The average Bonchev–Trinajstić information content (AvgIpc) is 2.12. The van der Waals surface area contributed by atoms with Crippen molar-refractivity contribution in [2.45, 2.75) is 6.42 Å². The lowest BCUT2D eigenvalue weighted by Gasteiger charge is -2.03. The van der Waals surface area contributed by atoms with Crippen LogP contribution in [0.3, 0.4) is 0 Å². The van der Waals surface area contributed by atoms with Crippen molar-refractivity contribution in [2.24, 2.45) is 0 Å². The molecule has 0 fully saturated rings. The predicted octanol–water partition coefficient (Wildman–Crippen LogP) is 2.99. The summed E-state index contributed by atoms with van der Waals surface area (Å²) in [6.07, 6.45) is 5.56. The van der Waals surface area contributed by atoms with Gasteiger partial charge in [0.2, 0.25) is 0 Å². The fourth-order valence-corrected chi connectivity index (χ4v) is 1.04. The van der Waals surface area contributed by atoms with Crippen molar-refractivity contribution in [1.82, 2.24) is 0 Å². The number of halogens is 2. The summed E-state index contributed by atoms with van der Waals surface area (Å²) in [5.41, 5.74) is 0. The van der Waals surface area contributed by atoms with Crippen molar-refractivity contribution in [2.75, 3.05) is 6.61 Å². The van der Waals surface area contributed by atoms with E-state index < -0.39 is 0 Å². The van der Waals surface area contributed by atoms with E-state index in [-0.39, 0.29) is 5.82 Å². The molecular formula is C10H8BrFO. The van der Waals surface area contributed by atoms with Crippen LogP contribution in [0.15, 0.2) is 22.7 Å². The largest absolute Gasteiger partial charge is 0.492 e. The molecule has 0 atom stereocenters. The summed E-state index contributed by atoms with van der Waals surface area (Å²) < 4.78 is 18.5. The molecule has 0 radical (unpaired) electrons. The summed E-state index contributed by atoms with van der Waals surface area (Å²) in [6, 6.07) is 4.60. The monoisotopic (exact) mass is 242 g/mol. The standard InChI is InChI=1S/C10H8BrFO/c1-2-3-6-13-8-4-5-9(11)10(12)7-8/h1,4-5,7H,3,6H2. The molecular weight excluding hydrogens is 235 g/mol. The van der Waals surface area contributed by atoms with E-state index in [9.17, 15) is 4.39 Å². The first-order valence-electron chi connectivity index (χ1n) is 3.75. The first-order valence-corrected chi connectivity index (χ1v) is 4.54. The van der Waals surface area contributed by atoms with Crippen molar-refractivity contribution in [3.05, 3.63) is 28.5 Å². The quantitative estimate of drug-likeness (QED) is 0.585. The molecule has 1 aromatic carbocycles. The van der Waals surface area contributed by atoms with Crippen LogP contribution in [0, 0.1) is 18.2 Å². The first-order chi connectivity index (χ1) is 6.24. The molecule has 0 saturated carbocycles. The minimum Gasteiger partial charge on any atom is -0.492 e. The van der Waals surface area contributed by atoms with Crippen molar-refractivity contribution in [1.29, 1.82) is 0 Å². The van der Waals surface area contributed by atoms with Gasteiger partial charge < -0.3 is 4.74 Å². The van der Waals surface area contributed by atoms with Crippen LogP contribution in [0.25, 0.3) is 0 Å². The zero-order valence-corrected chi connectivity index (χ0v) is 8.47. The van der Waals surface area contributed by atoms with Crippen LogP contribution in [0.5, 0.6) is 5.75 Å². The van der Waals surface area contributed by atoms with E-state index in [1.807, 2.05) is 0 Å². The Labute approximate surface area is 85.0 Å². The molecule has 13 heavy (non-hydrogen) atoms. The zero-order valence-electron chi connectivity index (χ0n) is 6.89. The molecule has 0 aromatic heterocycles. The number of hydrogen-bond acceptors (Lipinski definition) is 1. The molecule has 0 amide bonds. The molecule has 0 aliphatic heterocycles. The highest BCUT2D eigenvalue weighted by Gasteiger charge is 2.00. The molecule has 1 aromatic rings. The minimum atomic E-state index is -0.335. The maximum Gasteiger partial charge on any atom is 0.141 e. The highest BCUT2D eigenvalue weighted by atomic mass is 79.9.